The summed E-state index contributed by atoms with van der Waals surface area (Å²) in [6.07, 6.45) is 0.363. The highest BCUT2D eigenvalue weighted by Crippen LogP contribution is 2.30. The van der Waals surface area contributed by atoms with Gasteiger partial charge < -0.3 is 25.0 Å². The van der Waals surface area contributed by atoms with Gasteiger partial charge in [0.2, 0.25) is 5.95 Å². The fourth-order valence-electron chi connectivity index (χ4n) is 5.80. The molecule has 228 valence electrons. The van der Waals surface area contributed by atoms with E-state index < -0.39 is 12.0 Å². The predicted molar refractivity (Wildman–Crippen MR) is 157 cm³/mol. The predicted octanol–water partition coefficient (Wildman–Crippen LogP) is 5.86. The third kappa shape index (κ3) is 7.26. The van der Waals surface area contributed by atoms with Crippen molar-refractivity contribution in [2.24, 2.45) is 5.92 Å². The van der Waals surface area contributed by atoms with Crippen LogP contribution in [-0.2, 0) is 9.47 Å². The molecule has 0 bridgehead atoms. The number of carbonyl (C=O) groups is 1. The highest BCUT2D eigenvalue weighted by atomic mass is 19.3. The van der Waals surface area contributed by atoms with Crippen molar-refractivity contribution in [2.75, 3.05) is 29.9 Å². The van der Waals surface area contributed by atoms with Crippen LogP contribution in [0.2, 0.25) is 0 Å². The molecule has 1 amide bonds. The number of benzene rings is 1. The normalized spacial score (nSPS) is 23.3. The summed E-state index contributed by atoms with van der Waals surface area (Å²) < 4.78 is 41.1. The van der Waals surface area contributed by atoms with Gasteiger partial charge in [-0.3, -0.25) is 4.57 Å². The summed E-state index contributed by atoms with van der Waals surface area (Å²) in [6, 6.07) is 8.90. The standard InChI is InChI=1S/C30H41F2N7O3/c1-18-16-38(17-19(2)41-18)24-14-25(39-23-9-7-6-8-22(23)35-27(39)26(31)32)37-28(36-24)33-15-20-10-12-21(13-11-20)34-29(40)42-30(3,4)5/h6-9,14,18-21,26H,10-13,15-17H2,1-5H3,(H,34,40)(H,33,36,37)/t18-,19+,20?,21?. The molecule has 5 rings (SSSR count). The van der Waals surface area contributed by atoms with Crippen molar-refractivity contribution < 1.29 is 23.0 Å². The number of amides is 1. The largest absolute Gasteiger partial charge is 0.444 e. The van der Waals surface area contributed by atoms with Crippen molar-refractivity contribution in [3.05, 3.63) is 36.2 Å². The molecule has 2 N–H and O–H groups in total. The van der Waals surface area contributed by atoms with E-state index in [1.807, 2.05) is 34.6 Å². The Labute approximate surface area is 245 Å². The summed E-state index contributed by atoms with van der Waals surface area (Å²) in [5.41, 5.74) is 0.505. The number of anilines is 2. The lowest BCUT2D eigenvalue weighted by molar-refractivity contribution is -0.00546. The number of nitrogens with one attached hydrogen (secondary N) is 2. The number of fused-ring (bicyclic) bond motifs is 1. The molecule has 1 saturated carbocycles. The molecular formula is C30H41F2N7O3. The molecule has 1 saturated heterocycles. The van der Waals surface area contributed by atoms with Gasteiger partial charge >= 0.3 is 6.09 Å². The Kier molecular flexibility index (Phi) is 8.81. The van der Waals surface area contributed by atoms with Crippen molar-refractivity contribution in [1.82, 2.24) is 24.8 Å². The number of para-hydroxylation sites is 2. The molecule has 2 aliphatic rings. The Hall–Kier alpha value is -3.54. The lowest BCUT2D eigenvalue weighted by Crippen LogP contribution is -2.46. The maximum Gasteiger partial charge on any atom is 0.407 e. The fraction of sp³-hybridized carbons (Fsp3) is 0.600. The van der Waals surface area contributed by atoms with Gasteiger partial charge in [0.05, 0.1) is 23.2 Å². The molecule has 42 heavy (non-hydrogen) atoms. The molecule has 10 nitrogen and oxygen atoms in total. The van der Waals surface area contributed by atoms with E-state index in [1.54, 1.807) is 30.3 Å². The number of alkyl carbamates (subject to hydrolysis) is 1. The minimum Gasteiger partial charge on any atom is -0.444 e. The van der Waals surface area contributed by atoms with Crippen LogP contribution in [0, 0.1) is 5.92 Å². The van der Waals surface area contributed by atoms with Crippen LogP contribution < -0.4 is 15.5 Å². The Morgan fingerprint density at radius 2 is 1.71 bits per heavy atom. The number of hydrogen-bond acceptors (Lipinski definition) is 8. The van der Waals surface area contributed by atoms with Crippen LogP contribution in [0.4, 0.5) is 25.3 Å². The van der Waals surface area contributed by atoms with Crippen LogP contribution >= 0.6 is 0 Å². The van der Waals surface area contributed by atoms with E-state index in [4.69, 9.17) is 19.4 Å². The van der Waals surface area contributed by atoms with E-state index in [2.05, 4.69) is 20.5 Å². The summed E-state index contributed by atoms with van der Waals surface area (Å²) in [7, 11) is 0. The first kappa shape index (κ1) is 29.9. The number of aromatic nitrogens is 4. The molecule has 2 atom stereocenters. The van der Waals surface area contributed by atoms with Crippen molar-refractivity contribution in [3.63, 3.8) is 0 Å². The van der Waals surface area contributed by atoms with Crippen LogP contribution in [0.5, 0.6) is 0 Å². The quantitative estimate of drug-likeness (QED) is 0.355. The molecule has 0 spiro atoms. The molecule has 1 aliphatic heterocycles. The van der Waals surface area contributed by atoms with Crippen molar-refractivity contribution in [3.8, 4) is 5.82 Å². The summed E-state index contributed by atoms with van der Waals surface area (Å²) in [4.78, 5) is 28.0. The van der Waals surface area contributed by atoms with E-state index in [0.717, 1.165) is 25.7 Å². The highest BCUT2D eigenvalue weighted by molar-refractivity contribution is 5.78. The van der Waals surface area contributed by atoms with Gasteiger partial charge in [-0.1, -0.05) is 12.1 Å². The molecule has 12 heteroatoms. The average Bonchev–Trinajstić information content (AvgIpc) is 3.31. The minimum atomic E-state index is -2.78. The molecule has 2 fully saturated rings. The van der Waals surface area contributed by atoms with Crippen LogP contribution in [-0.4, -0.2) is 69.1 Å². The first-order chi connectivity index (χ1) is 19.9. The highest BCUT2D eigenvalue weighted by Gasteiger charge is 2.28. The summed E-state index contributed by atoms with van der Waals surface area (Å²) in [6.45, 7) is 11.4. The van der Waals surface area contributed by atoms with Crippen LogP contribution in [0.25, 0.3) is 16.9 Å². The maximum atomic E-state index is 14.2. The number of ether oxygens (including phenoxy) is 2. The number of imidazole rings is 1. The van der Waals surface area contributed by atoms with Crippen LogP contribution in [0.15, 0.2) is 30.3 Å². The van der Waals surface area contributed by atoms with Crippen LogP contribution in [0.1, 0.15) is 72.6 Å². The van der Waals surface area contributed by atoms with Crippen molar-refractivity contribution >= 4 is 28.9 Å². The Bertz CT molecular complexity index is 1370. The van der Waals surface area contributed by atoms with Crippen molar-refractivity contribution in [2.45, 2.75) is 90.6 Å². The van der Waals surface area contributed by atoms with E-state index in [0.29, 0.717) is 54.2 Å². The van der Waals surface area contributed by atoms with Gasteiger partial charge in [0.1, 0.15) is 17.2 Å². The molecule has 1 aliphatic carbocycles. The number of nitrogens with zero attached hydrogens (tertiary/aromatic N) is 5. The molecule has 0 radical (unpaired) electrons. The monoisotopic (exact) mass is 585 g/mol. The van der Waals surface area contributed by atoms with Gasteiger partial charge in [0, 0.05) is 31.7 Å². The second-order valence-corrected chi connectivity index (χ2v) is 12.4. The summed E-state index contributed by atoms with van der Waals surface area (Å²) >= 11 is 0. The summed E-state index contributed by atoms with van der Waals surface area (Å²) in [5.74, 6) is 1.36. The zero-order chi connectivity index (χ0) is 30.0. The molecule has 1 aromatic carbocycles. The first-order valence-corrected chi connectivity index (χ1v) is 14.7. The molecular weight excluding hydrogens is 544 g/mol. The lowest BCUT2D eigenvalue weighted by atomic mass is 9.86. The van der Waals surface area contributed by atoms with Gasteiger partial charge in [-0.05, 0) is 78.4 Å². The Morgan fingerprint density at radius 1 is 1.05 bits per heavy atom. The Balaban J connectivity index is 1.36. The second kappa shape index (κ2) is 12.4. The van der Waals surface area contributed by atoms with Crippen LogP contribution in [0.3, 0.4) is 0 Å². The number of carbonyl (C=O) groups excluding carboxylic acids is 1. The van der Waals surface area contributed by atoms with Crippen molar-refractivity contribution in [1.29, 1.82) is 0 Å². The third-order valence-electron chi connectivity index (χ3n) is 7.57. The van der Waals surface area contributed by atoms with Gasteiger partial charge in [0.25, 0.3) is 6.43 Å². The van der Waals surface area contributed by atoms with Gasteiger partial charge in [-0.25, -0.2) is 18.6 Å². The molecule has 3 heterocycles. The van der Waals surface area contributed by atoms with Gasteiger partial charge in [0.15, 0.2) is 5.82 Å². The number of halogens is 2. The fourth-order valence-corrected chi connectivity index (χ4v) is 5.80. The third-order valence-corrected chi connectivity index (χ3v) is 7.57. The number of alkyl halides is 2. The zero-order valence-electron chi connectivity index (χ0n) is 24.9. The molecule has 3 aromatic rings. The molecule has 0 unspecified atom stereocenters. The smallest absolute Gasteiger partial charge is 0.407 e. The number of rotatable bonds is 7. The first-order valence-electron chi connectivity index (χ1n) is 14.7. The SMILES string of the molecule is C[C@@H]1CN(c2cc(-n3c(C(F)F)nc4ccccc43)nc(NCC3CCC(NC(=O)OC(C)(C)C)CC3)n2)C[C@H](C)O1. The van der Waals surface area contributed by atoms with Gasteiger partial charge in [-0.15, -0.1) is 0 Å². The Morgan fingerprint density at radius 3 is 2.38 bits per heavy atom. The zero-order valence-corrected chi connectivity index (χ0v) is 24.9. The number of hydrogen-bond donors (Lipinski definition) is 2. The number of morpholine rings is 1. The van der Waals surface area contributed by atoms with E-state index in [9.17, 15) is 13.6 Å². The van der Waals surface area contributed by atoms with E-state index in [1.165, 1.54) is 4.57 Å². The topological polar surface area (TPSA) is 106 Å². The summed E-state index contributed by atoms with van der Waals surface area (Å²) in [5, 5.41) is 6.37. The average molecular weight is 586 g/mol. The minimum absolute atomic E-state index is 0.00116. The van der Waals surface area contributed by atoms with E-state index >= 15 is 0 Å². The maximum absolute atomic E-state index is 14.2. The second-order valence-electron chi connectivity index (χ2n) is 12.4. The van der Waals surface area contributed by atoms with Gasteiger partial charge in [-0.2, -0.15) is 9.97 Å². The lowest BCUT2D eigenvalue weighted by Gasteiger charge is -2.36. The van der Waals surface area contributed by atoms with E-state index in [-0.39, 0.29) is 30.2 Å². The molecule has 2 aromatic heterocycles.